The highest BCUT2D eigenvalue weighted by Crippen LogP contribution is 2.39. The van der Waals surface area contributed by atoms with Crippen LogP contribution in [0.1, 0.15) is 75.4 Å². The zero-order chi connectivity index (χ0) is 12.5. The van der Waals surface area contributed by atoms with E-state index in [1.807, 2.05) is 0 Å². The molecular weight excluding hydrogens is 228 g/mol. The maximum absolute atomic E-state index is 9.31. The van der Waals surface area contributed by atoms with Crippen LogP contribution in [0.3, 0.4) is 0 Å². The fourth-order valence-electron chi connectivity index (χ4n) is 3.26. The Bertz CT molecular complexity index is 398. The van der Waals surface area contributed by atoms with Crippen molar-refractivity contribution in [1.82, 2.24) is 10.1 Å². The zero-order valence-electron chi connectivity index (χ0n) is 11.0. The van der Waals surface area contributed by atoms with Crippen molar-refractivity contribution in [3.63, 3.8) is 0 Å². The van der Waals surface area contributed by atoms with E-state index in [0.717, 1.165) is 30.5 Å². The number of hydrogen-bond donors (Lipinski definition) is 1. The molecule has 4 heteroatoms. The highest BCUT2D eigenvalue weighted by atomic mass is 16.5. The van der Waals surface area contributed by atoms with Gasteiger partial charge in [0.05, 0.1) is 6.10 Å². The van der Waals surface area contributed by atoms with Gasteiger partial charge in [-0.25, -0.2) is 0 Å². The molecule has 100 valence electrons. The van der Waals surface area contributed by atoms with Crippen molar-refractivity contribution in [3.8, 4) is 0 Å². The summed E-state index contributed by atoms with van der Waals surface area (Å²) >= 11 is 0. The minimum atomic E-state index is -0.162. The van der Waals surface area contributed by atoms with Crippen LogP contribution in [-0.2, 0) is 0 Å². The zero-order valence-corrected chi connectivity index (χ0v) is 11.0. The highest BCUT2D eigenvalue weighted by Gasteiger charge is 2.34. The van der Waals surface area contributed by atoms with Crippen molar-refractivity contribution in [2.45, 2.75) is 69.8 Å². The SMILES string of the molecule is CCC1CCCC(c2noc(C3CC(O)C3)n2)C1. The molecule has 2 atom stereocenters. The number of hydrogen-bond acceptors (Lipinski definition) is 4. The number of aliphatic hydroxyl groups excluding tert-OH is 1. The first kappa shape index (κ1) is 12.2. The molecule has 0 aromatic carbocycles. The van der Waals surface area contributed by atoms with Crippen LogP contribution in [0.15, 0.2) is 4.52 Å². The van der Waals surface area contributed by atoms with Gasteiger partial charge in [0, 0.05) is 11.8 Å². The molecule has 1 heterocycles. The average molecular weight is 250 g/mol. The standard InChI is InChI=1S/C14H22N2O2/c1-2-9-4-3-5-10(6-9)13-15-14(18-16-13)11-7-12(17)8-11/h9-12,17H,2-8H2,1H3. The molecular formula is C14H22N2O2. The van der Waals surface area contributed by atoms with E-state index >= 15 is 0 Å². The van der Waals surface area contributed by atoms with Gasteiger partial charge in [0.15, 0.2) is 5.82 Å². The van der Waals surface area contributed by atoms with Crippen molar-refractivity contribution < 1.29 is 9.63 Å². The van der Waals surface area contributed by atoms with Crippen LogP contribution < -0.4 is 0 Å². The molecule has 2 fully saturated rings. The summed E-state index contributed by atoms with van der Waals surface area (Å²) in [4.78, 5) is 4.57. The largest absolute Gasteiger partial charge is 0.393 e. The van der Waals surface area contributed by atoms with Crippen LogP contribution in [0.4, 0.5) is 0 Å². The molecule has 0 radical (unpaired) electrons. The summed E-state index contributed by atoms with van der Waals surface area (Å²) < 4.78 is 5.37. The molecule has 2 aliphatic rings. The van der Waals surface area contributed by atoms with E-state index in [0.29, 0.717) is 11.8 Å². The number of aliphatic hydroxyl groups is 1. The second-order valence-corrected chi connectivity index (χ2v) is 5.95. The van der Waals surface area contributed by atoms with Crippen molar-refractivity contribution in [1.29, 1.82) is 0 Å². The monoisotopic (exact) mass is 250 g/mol. The topological polar surface area (TPSA) is 59.2 Å². The van der Waals surface area contributed by atoms with E-state index in [9.17, 15) is 5.11 Å². The Balaban J connectivity index is 1.65. The third-order valence-electron chi connectivity index (χ3n) is 4.65. The first-order valence-corrected chi connectivity index (χ1v) is 7.27. The summed E-state index contributed by atoms with van der Waals surface area (Å²) in [5, 5.41) is 13.5. The van der Waals surface area contributed by atoms with Crippen LogP contribution >= 0.6 is 0 Å². The third kappa shape index (κ3) is 2.30. The fraction of sp³-hybridized carbons (Fsp3) is 0.857. The number of aromatic nitrogens is 2. The lowest BCUT2D eigenvalue weighted by atomic mass is 9.79. The van der Waals surface area contributed by atoms with Gasteiger partial charge < -0.3 is 9.63 Å². The Labute approximate surface area is 108 Å². The van der Waals surface area contributed by atoms with E-state index < -0.39 is 0 Å². The molecule has 0 saturated heterocycles. The van der Waals surface area contributed by atoms with Crippen molar-refractivity contribution in [2.75, 3.05) is 0 Å². The first-order chi connectivity index (χ1) is 8.76. The van der Waals surface area contributed by atoms with Crippen LogP contribution in [0, 0.1) is 5.92 Å². The molecule has 3 rings (SSSR count). The smallest absolute Gasteiger partial charge is 0.229 e. The summed E-state index contributed by atoms with van der Waals surface area (Å²) in [5.74, 6) is 3.27. The number of rotatable bonds is 3. The van der Waals surface area contributed by atoms with E-state index in [-0.39, 0.29) is 6.10 Å². The van der Waals surface area contributed by atoms with Gasteiger partial charge in [-0.2, -0.15) is 4.98 Å². The van der Waals surface area contributed by atoms with Crippen LogP contribution in [0.5, 0.6) is 0 Å². The molecule has 2 saturated carbocycles. The van der Waals surface area contributed by atoms with E-state index in [4.69, 9.17) is 4.52 Å². The predicted molar refractivity (Wildman–Crippen MR) is 67.3 cm³/mol. The Hall–Kier alpha value is -0.900. The Morgan fingerprint density at radius 1 is 1.22 bits per heavy atom. The molecule has 1 aromatic rings. The molecule has 1 N–H and O–H groups in total. The Kier molecular flexibility index (Phi) is 3.37. The van der Waals surface area contributed by atoms with Crippen LogP contribution in [0.2, 0.25) is 0 Å². The third-order valence-corrected chi connectivity index (χ3v) is 4.65. The van der Waals surface area contributed by atoms with Gasteiger partial charge in [-0.05, 0) is 31.6 Å². The minimum absolute atomic E-state index is 0.162. The highest BCUT2D eigenvalue weighted by molar-refractivity contribution is 5.04. The average Bonchev–Trinajstić information content (AvgIpc) is 2.84. The quantitative estimate of drug-likeness (QED) is 0.896. The normalized spacial score (nSPS) is 36.3. The van der Waals surface area contributed by atoms with Gasteiger partial charge in [0.1, 0.15) is 0 Å². The predicted octanol–water partition coefficient (Wildman–Crippen LogP) is 2.99. The molecule has 2 aliphatic carbocycles. The fourth-order valence-corrected chi connectivity index (χ4v) is 3.26. The van der Waals surface area contributed by atoms with E-state index in [1.54, 1.807) is 0 Å². The van der Waals surface area contributed by atoms with Crippen molar-refractivity contribution in [2.24, 2.45) is 5.92 Å². The molecule has 0 aliphatic heterocycles. The van der Waals surface area contributed by atoms with Crippen LogP contribution in [-0.4, -0.2) is 21.4 Å². The molecule has 2 unspecified atom stereocenters. The summed E-state index contributed by atoms with van der Waals surface area (Å²) in [5.41, 5.74) is 0. The molecule has 0 bridgehead atoms. The summed E-state index contributed by atoms with van der Waals surface area (Å²) in [6, 6.07) is 0. The first-order valence-electron chi connectivity index (χ1n) is 7.27. The van der Waals surface area contributed by atoms with Crippen LogP contribution in [0.25, 0.3) is 0 Å². The lowest BCUT2D eigenvalue weighted by Gasteiger charge is -2.28. The van der Waals surface area contributed by atoms with E-state index in [1.165, 1.54) is 32.1 Å². The van der Waals surface area contributed by atoms with Gasteiger partial charge in [0.25, 0.3) is 0 Å². The van der Waals surface area contributed by atoms with Gasteiger partial charge in [-0.3, -0.25) is 0 Å². The maximum atomic E-state index is 9.31. The van der Waals surface area contributed by atoms with Crippen molar-refractivity contribution >= 4 is 0 Å². The summed E-state index contributed by atoms with van der Waals surface area (Å²) in [6.07, 6.45) is 7.71. The number of nitrogens with zero attached hydrogens (tertiary/aromatic N) is 2. The van der Waals surface area contributed by atoms with Gasteiger partial charge in [-0.1, -0.05) is 31.3 Å². The lowest BCUT2D eigenvalue weighted by molar-refractivity contribution is 0.0625. The molecule has 4 nitrogen and oxygen atoms in total. The molecule has 18 heavy (non-hydrogen) atoms. The summed E-state index contributed by atoms with van der Waals surface area (Å²) in [6.45, 7) is 2.27. The van der Waals surface area contributed by atoms with E-state index in [2.05, 4.69) is 17.1 Å². The molecule has 0 amide bonds. The summed E-state index contributed by atoms with van der Waals surface area (Å²) in [7, 11) is 0. The Morgan fingerprint density at radius 3 is 2.78 bits per heavy atom. The van der Waals surface area contributed by atoms with Gasteiger partial charge >= 0.3 is 0 Å². The Morgan fingerprint density at radius 2 is 2.06 bits per heavy atom. The second kappa shape index (κ2) is 5.00. The lowest BCUT2D eigenvalue weighted by Crippen LogP contribution is -2.26. The van der Waals surface area contributed by atoms with Gasteiger partial charge in [-0.15, -0.1) is 0 Å². The minimum Gasteiger partial charge on any atom is -0.393 e. The van der Waals surface area contributed by atoms with Crippen molar-refractivity contribution in [3.05, 3.63) is 11.7 Å². The molecule has 1 aromatic heterocycles. The van der Waals surface area contributed by atoms with Gasteiger partial charge in [0.2, 0.25) is 5.89 Å². The maximum Gasteiger partial charge on any atom is 0.229 e. The molecule has 0 spiro atoms. The second-order valence-electron chi connectivity index (χ2n) is 5.95.